The van der Waals surface area contributed by atoms with E-state index >= 15 is 0 Å². The van der Waals surface area contributed by atoms with E-state index in [1.807, 2.05) is 12.1 Å². The zero-order valence-corrected chi connectivity index (χ0v) is 17.2. The third-order valence-electron chi connectivity index (χ3n) is 5.67. The maximum atomic E-state index is 12.5. The Morgan fingerprint density at radius 2 is 1.78 bits per heavy atom. The average molecular weight is 399 g/mol. The fraction of sp³-hybridized carbons (Fsp3) is 0.650. The van der Waals surface area contributed by atoms with Crippen LogP contribution in [0.2, 0.25) is 0 Å². The van der Waals surface area contributed by atoms with E-state index in [-0.39, 0.29) is 24.4 Å². The maximum Gasteiger partial charge on any atom is 0.237 e. The van der Waals surface area contributed by atoms with Crippen LogP contribution in [-0.2, 0) is 11.2 Å². The number of nitrogens with one attached hydrogen (secondary N) is 2. The van der Waals surface area contributed by atoms with Crippen molar-refractivity contribution in [1.29, 1.82) is 0 Å². The summed E-state index contributed by atoms with van der Waals surface area (Å²) in [5, 5.41) is 6.59. The first-order chi connectivity index (χ1) is 12.7. The molecular formula is C20H31ClN2O4. The van der Waals surface area contributed by atoms with Crippen molar-refractivity contribution in [2.75, 3.05) is 27.9 Å². The number of rotatable bonds is 7. The van der Waals surface area contributed by atoms with Crippen LogP contribution in [0.15, 0.2) is 12.1 Å². The second-order valence-corrected chi connectivity index (χ2v) is 7.16. The van der Waals surface area contributed by atoms with Crippen LogP contribution in [0.5, 0.6) is 17.2 Å². The summed E-state index contributed by atoms with van der Waals surface area (Å²) in [5.74, 6) is 2.87. The predicted octanol–water partition coefficient (Wildman–Crippen LogP) is 2.71. The summed E-state index contributed by atoms with van der Waals surface area (Å²) in [6.07, 6.45) is 6.64. The number of carbonyl (C=O) groups is 1. The zero-order valence-electron chi connectivity index (χ0n) is 16.4. The normalized spacial score (nSPS) is 23.7. The molecule has 1 aromatic carbocycles. The second-order valence-electron chi connectivity index (χ2n) is 7.16. The van der Waals surface area contributed by atoms with E-state index in [0.29, 0.717) is 42.2 Å². The number of carbonyl (C=O) groups excluding carboxylic acids is 1. The number of methoxy groups -OCH3 is 3. The van der Waals surface area contributed by atoms with Gasteiger partial charge in [0.15, 0.2) is 0 Å². The van der Waals surface area contributed by atoms with Crippen LogP contribution in [0.1, 0.15) is 37.7 Å². The van der Waals surface area contributed by atoms with Crippen LogP contribution in [0.25, 0.3) is 0 Å². The minimum atomic E-state index is -0.0530. The first kappa shape index (κ1) is 21.6. The van der Waals surface area contributed by atoms with Gasteiger partial charge >= 0.3 is 0 Å². The van der Waals surface area contributed by atoms with E-state index in [1.165, 1.54) is 25.7 Å². The molecule has 3 unspecified atom stereocenters. The standard InChI is InChI=1S/C20H30N2O4.ClH/c1-24-14-11-18(25-2)15(19(12-14)26-3)8-9-21-20(23)17-10-13-6-4-5-7-16(13)22-17;/h11-13,16-17,22H,4-10H2,1-3H3,(H,21,23);1H. The molecule has 1 saturated heterocycles. The summed E-state index contributed by atoms with van der Waals surface area (Å²) in [6.45, 7) is 0.547. The third-order valence-corrected chi connectivity index (χ3v) is 5.67. The molecule has 1 saturated carbocycles. The largest absolute Gasteiger partial charge is 0.496 e. The number of amides is 1. The number of benzene rings is 1. The van der Waals surface area contributed by atoms with Gasteiger partial charge in [0.25, 0.3) is 0 Å². The fourth-order valence-corrected chi connectivity index (χ4v) is 4.28. The molecule has 152 valence electrons. The molecule has 1 aliphatic heterocycles. The summed E-state index contributed by atoms with van der Waals surface area (Å²) >= 11 is 0. The predicted molar refractivity (Wildman–Crippen MR) is 107 cm³/mol. The molecule has 7 heteroatoms. The summed E-state index contributed by atoms with van der Waals surface area (Å²) < 4.78 is 16.2. The van der Waals surface area contributed by atoms with Gasteiger partial charge in [0.2, 0.25) is 5.91 Å². The highest BCUT2D eigenvalue weighted by Gasteiger charge is 2.37. The summed E-state index contributed by atoms with van der Waals surface area (Å²) in [6, 6.07) is 4.15. The van der Waals surface area contributed by atoms with Gasteiger partial charge in [-0.3, -0.25) is 4.79 Å². The van der Waals surface area contributed by atoms with E-state index in [9.17, 15) is 4.79 Å². The second kappa shape index (κ2) is 10.0. The van der Waals surface area contributed by atoms with Crippen molar-refractivity contribution in [2.24, 2.45) is 5.92 Å². The number of hydrogen-bond acceptors (Lipinski definition) is 5. The molecular weight excluding hydrogens is 368 g/mol. The molecule has 2 aliphatic rings. The maximum absolute atomic E-state index is 12.5. The van der Waals surface area contributed by atoms with E-state index in [4.69, 9.17) is 14.2 Å². The number of hydrogen-bond donors (Lipinski definition) is 2. The Kier molecular flexibility index (Phi) is 8.05. The topological polar surface area (TPSA) is 68.8 Å². The van der Waals surface area contributed by atoms with Gasteiger partial charge in [0, 0.05) is 30.3 Å². The SMILES string of the molecule is COc1cc(OC)c(CCNC(=O)C2CC3CCCCC3N2)c(OC)c1.Cl. The monoisotopic (exact) mass is 398 g/mol. The molecule has 1 aromatic rings. The minimum absolute atomic E-state index is 0. The highest BCUT2D eigenvalue weighted by atomic mass is 35.5. The van der Waals surface area contributed by atoms with Gasteiger partial charge in [0.1, 0.15) is 17.2 Å². The van der Waals surface area contributed by atoms with Gasteiger partial charge in [-0.2, -0.15) is 0 Å². The Morgan fingerprint density at radius 1 is 1.11 bits per heavy atom. The van der Waals surface area contributed by atoms with Gasteiger partial charge in [-0.05, 0) is 31.6 Å². The van der Waals surface area contributed by atoms with Crippen molar-refractivity contribution in [3.8, 4) is 17.2 Å². The van der Waals surface area contributed by atoms with E-state index in [2.05, 4.69) is 10.6 Å². The van der Waals surface area contributed by atoms with Crippen molar-refractivity contribution < 1.29 is 19.0 Å². The molecule has 0 radical (unpaired) electrons. The molecule has 0 spiro atoms. The van der Waals surface area contributed by atoms with E-state index in [1.54, 1.807) is 21.3 Å². The number of fused-ring (bicyclic) bond motifs is 1. The Balaban J connectivity index is 0.00000261. The molecule has 6 nitrogen and oxygen atoms in total. The molecule has 27 heavy (non-hydrogen) atoms. The molecule has 1 aliphatic carbocycles. The van der Waals surface area contributed by atoms with Crippen LogP contribution >= 0.6 is 12.4 Å². The fourth-order valence-electron chi connectivity index (χ4n) is 4.28. The lowest BCUT2D eigenvalue weighted by Gasteiger charge is -2.24. The molecule has 1 amide bonds. The smallest absolute Gasteiger partial charge is 0.237 e. The zero-order chi connectivity index (χ0) is 18.5. The lowest BCUT2D eigenvalue weighted by molar-refractivity contribution is -0.122. The quantitative estimate of drug-likeness (QED) is 0.739. The lowest BCUT2D eigenvalue weighted by atomic mass is 9.85. The number of ether oxygens (including phenoxy) is 3. The first-order valence-electron chi connectivity index (χ1n) is 9.49. The van der Waals surface area contributed by atoms with E-state index in [0.717, 1.165) is 12.0 Å². The molecule has 1 heterocycles. The Morgan fingerprint density at radius 3 is 2.37 bits per heavy atom. The van der Waals surface area contributed by atoms with Crippen LogP contribution in [0, 0.1) is 5.92 Å². The highest BCUT2D eigenvalue weighted by molar-refractivity contribution is 5.85. The van der Waals surface area contributed by atoms with Gasteiger partial charge in [-0.25, -0.2) is 0 Å². The van der Waals surface area contributed by atoms with Crippen LogP contribution in [-0.4, -0.2) is 45.9 Å². The minimum Gasteiger partial charge on any atom is -0.496 e. The Labute approximate surface area is 167 Å². The first-order valence-corrected chi connectivity index (χ1v) is 9.49. The van der Waals surface area contributed by atoms with Crippen LogP contribution < -0.4 is 24.8 Å². The summed E-state index contributed by atoms with van der Waals surface area (Å²) in [5.41, 5.74) is 0.934. The van der Waals surface area contributed by atoms with Crippen molar-refractivity contribution >= 4 is 18.3 Å². The molecule has 0 bridgehead atoms. The van der Waals surface area contributed by atoms with Gasteiger partial charge in [-0.1, -0.05) is 12.8 Å². The van der Waals surface area contributed by atoms with Crippen molar-refractivity contribution in [3.05, 3.63) is 17.7 Å². The highest BCUT2D eigenvalue weighted by Crippen LogP contribution is 2.35. The van der Waals surface area contributed by atoms with Gasteiger partial charge < -0.3 is 24.8 Å². The average Bonchev–Trinajstić information content (AvgIpc) is 3.12. The molecule has 2 fully saturated rings. The summed E-state index contributed by atoms with van der Waals surface area (Å²) in [7, 11) is 4.86. The van der Waals surface area contributed by atoms with E-state index < -0.39 is 0 Å². The Bertz CT molecular complexity index is 601. The lowest BCUT2D eigenvalue weighted by Crippen LogP contribution is -2.43. The number of halogens is 1. The third kappa shape index (κ3) is 4.99. The van der Waals surface area contributed by atoms with Crippen LogP contribution in [0.3, 0.4) is 0 Å². The van der Waals surface area contributed by atoms with Gasteiger partial charge in [-0.15, -0.1) is 12.4 Å². The van der Waals surface area contributed by atoms with Crippen molar-refractivity contribution in [1.82, 2.24) is 10.6 Å². The van der Waals surface area contributed by atoms with Gasteiger partial charge in [0.05, 0.1) is 27.4 Å². The van der Waals surface area contributed by atoms with Crippen LogP contribution in [0.4, 0.5) is 0 Å². The molecule has 3 atom stereocenters. The van der Waals surface area contributed by atoms with Crippen molar-refractivity contribution in [2.45, 2.75) is 50.6 Å². The van der Waals surface area contributed by atoms with Crippen molar-refractivity contribution in [3.63, 3.8) is 0 Å². The molecule has 3 rings (SSSR count). The molecule has 2 N–H and O–H groups in total. The molecule has 0 aromatic heterocycles. The summed E-state index contributed by atoms with van der Waals surface area (Å²) in [4.78, 5) is 12.5. The Hall–Kier alpha value is -1.66.